The lowest BCUT2D eigenvalue weighted by atomic mass is 10.0. The van der Waals surface area contributed by atoms with Crippen LogP contribution in [0.5, 0.6) is 0 Å². The van der Waals surface area contributed by atoms with E-state index >= 15 is 0 Å². The van der Waals surface area contributed by atoms with Gasteiger partial charge in [-0.25, -0.2) is 4.90 Å². The van der Waals surface area contributed by atoms with Gasteiger partial charge in [-0.3, -0.25) is 14.6 Å². The molecule has 2 aromatic carbocycles. The molecule has 0 saturated carbocycles. The number of rotatable bonds is 1. The van der Waals surface area contributed by atoms with E-state index in [1.807, 2.05) is 50.2 Å². The van der Waals surface area contributed by atoms with E-state index in [0.29, 0.717) is 22.5 Å². The first-order valence-electron chi connectivity index (χ1n) is 7.84. The third kappa shape index (κ3) is 1.89. The van der Waals surface area contributed by atoms with Gasteiger partial charge in [-0.05, 0) is 44.5 Å². The Kier molecular flexibility index (Phi) is 3.03. The van der Waals surface area contributed by atoms with Gasteiger partial charge in [-0.1, -0.05) is 29.8 Å². The molecule has 0 aliphatic carbocycles. The molecule has 0 bridgehead atoms. The van der Waals surface area contributed by atoms with Crippen LogP contribution in [-0.4, -0.2) is 16.8 Å². The number of nitrogens with zero attached hydrogens (tertiary/aromatic N) is 2. The van der Waals surface area contributed by atoms with Crippen LogP contribution in [0.2, 0.25) is 0 Å². The summed E-state index contributed by atoms with van der Waals surface area (Å²) in [6.07, 6.45) is 0. The number of amides is 2. The lowest BCUT2D eigenvalue weighted by Crippen LogP contribution is -2.30. The lowest BCUT2D eigenvalue weighted by Gasteiger charge is -2.16. The van der Waals surface area contributed by atoms with Crippen molar-refractivity contribution >= 4 is 28.4 Å². The third-order valence-electron chi connectivity index (χ3n) is 4.51. The minimum atomic E-state index is -0.294. The van der Waals surface area contributed by atoms with Gasteiger partial charge in [-0.2, -0.15) is 0 Å². The Balaban J connectivity index is 2.03. The Bertz CT molecular complexity index is 1040. The first-order valence-corrected chi connectivity index (χ1v) is 7.84. The summed E-state index contributed by atoms with van der Waals surface area (Å²) in [6.45, 7) is 5.64. The Morgan fingerprint density at radius 3 is 2.33 bits per heavy atom. The van der Waals surface area contributed by atoms with E-state index in [0.717, 1.165) is 22.0 Å². The van der Waals surface area contributed by atoms with Gasteiger partial charge >= 0.3 is 0 Å². The Hall–Kier alpha value is -3.01. The number of para-hydroxylation sites is 1. The monoisotopic (exact) mass is 316 g/mol. The van der Waals surface area contributed by atoms with Crippen molar-refractivity contribution in [1.29, 1.82) is 0 Å². The highest BCUT2D eigenvalue weighted by Gasteiger charge is 2.40. The number of carbonyl (C=O) groups is 2. The van der Waals surface area contributed by atoms with E-state index in [4.69, 9.17) is 0 Å². The summed E-state index contributed by atoms with van der Waals surface area (Å²) < 4.78 is 0. The fourth-order valence-corrected chi connectivity index (χ4v) is 3.33. The van der Waals surface area contributed by atoms with Crippen molar-refractivity contribution in [3.8, 4) is 0 Å². The molecule has 2 amide bonds. The van der Waals surface area contributed by atoms with Crippen LogP contribution in [0.15, 0.2) is 42.5 Å². The van der Waals surface area contributed by atoms with Crippen LogP contribution >= 0.6 is 0 Å². The molecule has 1 aliphatic heterocycles. The normalized spacial score (nSPS) is 13.7. The molecule has 0 N–H and O–H groups in total. The van der Waals surface area contributed by atoms with Crippen LogP contribution in [0.1, 0.15) is 37.5 Å². The van der Waals surface area contributed by atoms with Crippen molar-refractivity contribution in [1.82, 2.24) is 4.98 Å². The topological polar surface area (TPSA) is 50.3 Å². The standard InChI is InChI=1S/C20H16N2O2/c1-11-8-9-15-14(10-11)18-17(13(3)21-15)19(23)22(20(18)24)16-7-5-4-6-12(16)2/h4-10H,1-3H3. The number of carbonyl (C=O) groups excluding carboxylic acids is 2. The number of anilines is 1. The zero-order chi connectivity index (χ0) is 17.0. The Morgan fingerprint density at radius 2 is 1.58 bits per heavy atom. The fraction of sp³-hybridized carbons (Fsp3) is 0.150. The lowest BCUT2D eigenvalue weighted by molar-refractivity contribution is 0.0926. The van der Waals surface area contributed by atoms with Crippen molar-refractivity contribution in [3.05, 3.63) is 70.4 Å². The number of fused-ring (bicyclic) bond motifs is 3. The van der Waals surface area contributed by atoms with Crippen LogP contribution in [0.25, 0.3) is 10.9 Å². The summed E-state index contributed by atoms with van der Waals surface area (Å²) in [5.74, 6) is -0.567. The maximum atomic E-state index is 13.1. The van der Waals surface area contributed by atoms with Crippen LogP contribution in [-0.2, 0) is 0 Å². The number of hydrogen-bond donors (Lipinski definition) is 0. The molecule has 2 heterocycles. The molecular weight excluding hydrogens is 300 g/mol. The van der Waals surface area contributed by atoms with Crippen molar-refractivity contribution < 1.29 is 9.59 Å². The molecule has 0 spiro atoms. The largest absolute Gasteiger partial charge is 0.268 e. The summed E-state index contributed by atoms with van der Waals surface area (Å²) in [5, 5.41) is 0.741. The minimum absolute atomic E-state index is 0.273. The maximum Gasteiger partial charge on any atom is 0.268 e. The first kappa shape index (κ1) is 14.6. The number of aromatic nitrogens is 1. The fourth-order valence-electron chi connectivity index (χ4n) is 3.33. The maximum absolute atomic E-state index is 13.1. The zero-order valence-electron chi connectivity index (χ0n) is 13.8. The quantitative estimate of drug-likeness (QED) is 0.639. The number of pyridine rings is 1. The predicted octanol–water partition coefficient (Wildman–Crippen LogP) is 3.96. The number of imide groups is 1. The molecule has 0 radical (unpaired) electrons. The molecule has 1 aromatic heterocycles. The van der Waals surface area contributed by atoms with E-state index in [1.54, 1.807) is 13.0 Å². The predicted molar refractivity (Wildman–Crippen MR) is 93.5 cm³/mol. The number of benzene rings is 2. The van der Waals surface area contributed by atoms with Crippen molar-refractivity contribution in [2.45, 2.75) is 20.8 Å². The van der Waals surface area contributed by atoms with Crippen LogP contribution in [0.3, 0.4) is 0 Å². The van der Waals surface area contributed by atoms with Gasteiger partial charge in [0.1, 0.15) is 0 Å². The zero-order valence-corrected chi connectivity index (χ0v) is 13.8. The van der Waals surface area contributed by atoms with Crippen molar-refractivity contribution in [2.24, 2.45) is 0 Å². The number of aryl methyl sites for hydroxylation is 3. The molecular formula is C20H16N2O2. The third-order valence-corrected chi connectivity index (χ3v) is 4.51. The van der Waals surface area contributed by atoms with Crippen LogP contribution in [0, 0.1) is 20.8 Å². The summed E-state index contributed by atoms with van der Waals surface area (Å²) in [6, 6.07) is 13.2. The molecule has 0 unspecified atom stereocenters. The van der Waals surface area contributed by atoms with Crippen LogP contribution in [0.4, 0.5) is 5.69 Å². The van der Waals surface area contributed by atoms with Gasteiger partial charge in [0.2, 0.25) is 0 Å². The van der Waals surface area contributed by atoms with Gasteiger partial charge < -0.3 is 0 Å². The molecule has 0 atom stereocenters. The van der Waals surface area contributed by atoms with E-state index in [2.05, 4.69) is 4.98 Å². The van der Waals surface area contributed by atoms with Crippen molar-refractivity contribution in [3.63, 3.8) is 0 Å². The Morgan fingerprint density at radius 1 is 0.875 bits per heavy atom. The van der Waals surface area contributed by atoms with E-state index in [9.17, 15) is 9.59 Å². The Labute approximate surface area is 139 Å². The van der Waals surface area contributed by atoms with Gasteiger partial charge in [0.05, 0.1) is 28.0 Å². The summed E-state index contributed by atoms with van der Waals surface area (Å²) in [5.41, 5.74) is 4.77. The SMILES string of the molecule is Cc1ccc2nc(C)c3c(c2c1)C(=O)N(c1ccccc1C)C3=O. The first-order chi connectivity index (χ1) is 11.5. The second kappa shape index (κ2) is 4.99. The number of hydrogen-bond acceptors (Lipinski definition) is 3. The van der Waals surface area contributed by atoms with Crippen LogP contribution < -0.4 is 4.90 Å². The molecule has 3 aromatic rings. The van der Waals surface area contributed by atoms with Gasteiger partial charge in [0.15, 0.2) is 0 Å². The van der Waals surface area contributed by atoms with Gasteiger partial charge in [-0.15, -0.1) is 0 Å². The molecule has 24 heavy (non-hydrogen) atoms. The van der Waals surface area contributed by atoms with E-state index in [1.165, 1.54) is 4.90 Å². The second-order valence-electron chi connectivity index (χ2n) is 6.20. The highest BCUT2D eigenvalue weighted by atomic mass is 16.2. The molecule has 4 heteroatoms. The van der Waals surface area contributed by atoms with Crippen molar-refractivity contribution in [2.75, 3.05) is 4.90 Å². The second-order valence-corrected chi connectivity index (χ2v) is 6.20. The molecule has 0 fully saturated rings. The van der Waals surface area contributed by atoms with E-state index in [-0.39, 0.29) is 11.8 Å². The highest BCUT2D eigenvalue weighted by Crippen LogP contribution is 2.35. The van der Waals surface area contributed by atoms with E-state index < -0.39 is 0 Å². The summed E-state index contributed by atoms with van der Waals surface area (Å²) >= 11 is 0. The highest BCUT2D eigenvalue weighted by molar-refractivity contribution is 6.38. The average molecular weight is 316 g/mol. The molecule has 0 saturated heterocycles. The van der Waals surface area contributed by atoms with Gasteiger partial charge in [0.25, 0.3) is 11.8 Å². The molecule has 4 nitrogen and oxygen atoms in total. The summed E-state index contributed by atoms with van der Waals surface area (Å²) in [7, 11) is 0. The molecule has 1 aliphatic rings. The van der Waals surface area contributed by atoms with Gasteiger partial charge in [0, 0.05) is 5.39 Å². The summed E-state index contributed by atoms with van der Waals surface area (Å²) in [4.78, 5) is 31.9. The minimum Gasteiger partial charge on any atom is -0.268 e. The molecule has 118 valence electrons. The smallest absolute Gasteiger partial charge is 0.268 e. The molecule has 4 rings (SSSR count). The average Bonchev–Trinajstić information content (AvgIpc) is 2.81.